The van der Waals surface area contributed by atoms with E-state index in [1.807, 2.05) is 13.0 Å². The highest BCUT2D eigenvalue weighted by Gasteiger charge is 2.31. The number of nitrogens with one attached hydrogen (secondary N) is 1. The Kier molecular flexibility index (Phi) is 7.86. The van der Waals surface area contributed by atoms with Crippen molar-refractivity contribution < 1.29 is 19.4 Å². The molecule has 2 N–H and O–H groups in total. The Hall–Kier alpha value is -3.60. The van der Waals surface area contributed by atoms with E-state index in [0.29, 0.717) is 60.8 Å². The zero-order valence-corrected chi connectivity index (χ0v) is 19.9. The predicted molar refractivity (Wildman–Crippen MR) is 129 cm³/mol. The lowest BCUT2D eigenvalue weighted by atomic mass is 9.84. The van der Waals surface area contributed by atoms with E-state index >= 15 is 0 Å². The Balaban J connectivity index is 1.76. The van der Waals surface area contributed by atoms with Crippen molar-refractivity contribution in [2.45, 2.75) is 51.6 Å². The van der Waals surface area contributed by atoms with Crippen LogP contribution in [-0.4, -0.2) is 62.2 Å². The van der Waals surface area contributed by atoms with Crippen molar-refractivity contribution in [3.8, 4) is 17.1 Å². The summed E-state index contributed by atoms with van der Waals surface area (Å²) in [7, 11) is 1.54. The van der Waals surface area contributed by atoms with Crippen LogP contribution in [0.25, 0.3) is 22.3 Å². The summed E-state index contributed by atoms with van der Waals surface area (Å²) in [5.74, 6) is -0.680. The Labute approximate surface area is 202 Å². The molecular formula is C24H30N6O5. The third kappa shape index (κ3) is 5.56. The molecule has 0 bridgehead atoms. The highest BCUT2D eigenvalue weighted by atomic mass is 16.5. The lowest BCUT2D eigenvalue weighted by Crippen LogP contribution is -2.38. The van der Waals surface area contributed by atoms with Gasteiger partial charge in [-0.25, -0.2) is 9.78 Å². The zero-order valence-electron chi connectivity index (χ0n) is 19.9. The number of carboxylic acid groups (broad SMARTS) is 1. The maximum absolute atomic E-state index is 13.1. The summed E-state index contributed by atoms with van der Waals surface area (Å²) in [6, 6.07) is 4.97. The average Bonchev–Trinajstić information content (AvgIpc) is 2.88. The van der Waals surface area contributed by atoms with Gasteiger partial charge in [0.25, 0.3) is 0 Å². The minimum Gasteiger partial charge on any atom is -0.481 e. The van der Waals surface area contributed by atoms with E-state index in [1.54, 1.807) is 25.4 Å². The molecule has 2 atom stereocenters. The van der Waals surface area contributed by atoms with Crippen LogP contribution in [0.4, 0.5) is 5.82 Å². The van der Waals surface area contributed by atoms with E-state index in [1.165, 1.54) is 4.57 Å². The highest BCUT2D eigenvalue weighted by molar-refractivity contribution is 5.87. The van der Waals surface area contributed by atoms with Gasteiger partial charge < -0.3 is 19.9 Å². The van der Waals surface area contributed by atoms with E-state index < -0.39 is 17.6 Å². The molecule has 0 spiro atoms. The molecule has 0 saturated heterocycles. The molecule has 3 aromatic heterocycles. The minimum absolute atomic E-state index is 0.251. The van der Waals surface area contributed by atoms with Crippen LogP contribution in [0.2, 0.25) is 0 Å². The number of aromatic nitrogens is 5. The lowest BCUT2D eigenvalue weighted by Gasteiger charge is -2.29. The van der Waals surface area contributed by atoms with Gasteiger partial charge in [-0.1, -0.05) is 19.8 Å². The Morgan fingerprint density at radius 2 is 2.06 bits per heavy atom. The number of carboxylic acids is 1. The molecule has 0 unspecified atom stereocenters. The number of nitrogens with zero attached hydrogens (tertiary/aromatic N) is 5. The van der Waals surface area contributed by atoms with Crippen LogP contribution in [-0.2, 0) is 16.1 Å². The van der Waals surface area contributed by atoms with Crippen LogP contribution in [0, 0.1) is 5.92 Å². The molecule has 186 valence electrons. The summed E-state index contributed by atoms with van der Waals surface area (Å²) < 4.78 is 12.2. The molecule has 3 heterocycles. The van der Waals surface area contributed by atoms with Crippen LogP contribution >= 0.6 is 0 Å². The van der Waals surface area contributed by atoms with E-state index in [9.17, 15) is 14.7 Å². The van der Waals surface area contributed by atoms with Crippen LogP contribution in [0.15, 0.2) is 29.2 Å². The van der Waals surface area contributed by atoms with Crippen molar-refractivity contribution in [1.29, 1.82) is 0 Å². The largest absolute Gasteiger partial charge is 0.481 e. The van der Waals surface area contributed by atoms with Crippen LogP contribution in [0.3, 0.4) is 0 Å². The second-order valence-corrected chi connectivity index (χ2v) is 8.54. The van der Waals surface area contributed by atoms with Crippen molar-refractivity contribution in [1.82, 2.24) is 24.7 Å². The summed E-state index contributed by atoms with van der Waals surface area (Å²) in [4.78, 5) is 33.3. The lowest BCUT2D eigenvalue weighted by molar-refractivity contribution is -0.143. The maximum atomic E-state index is 13.1. The number of rotatable bonds is 10. The van der Waals surface area contributed by atoms with Crippen LogP contribution in [0.1, 0.15) is 39.0 Å². The van der Waals surface area contributed by atoms with Crippen molar-refractivity contribution in [3.63, 3.8) is 0 Å². The summed E-state index contributed by atoms with van der Waals surface area (Å²) in [6.07, 6.45) is 5.53. The third-order valence-corrected chi connectivity index (χ3v) is 6.18. The maximum Gasteiger partial charge on any atom is 0.350 e. The van der Waals surface area contributed by atoms with Gasteiger partial charge in [0.1, 0.15) is 0 Å². The normalized spacial score (nSPS) is 17.9. The first-order chi connectivity index (χ1) is 17.0. The monoisotopic (exact) mass is 482 g/mol. The fourth-order valence-electron chi connectivity index (χ4n) is 4.36. The summed E-state index contributed by atoms with van der Waals surface area (Å²) in [5, 5.41) is 21.6. The molecule has 35 heavy (non-hydrogen) atoms. The molecule has 0 aliphatic heterocycles. The van der Waals surface area contributed by atoms with E-state index in [2.05, 4.69) is 25.5 Å². The molecule has 1 fully saturated rings. The van der Waals surface area contributed by atoms with Crippen LogP contribution in [0.5, 0.6) is 5.88 Å². The number of aliphatic carboxylic acids is 1. The Morgan fingerprint density at radius 1 is 1.23 bits per heavy atom. The van der Waals surface area contributed by atoms with Crippen molar-refractivity contribution in [2.24, 2.45) is 5.92 Å². The second-order valence-electron chi connectivity index (χ2n) is 8.54. The molecule has 1 aliphatic carbocycles. The van der Waals surface area contributed by atoms with Gasteiger partial charge >= 0.3 is 11.7 Å². The number of anilines is 1. The van der Waals surface area contributed by atoms with Gasteiger partial charge in [-0.05, 0) is 31.4 Å². The summed E-state index contributed by atoms with van der Waals surface area (Å²) >= 11 is 0. The topological polar surface area (TPSA) is 141 Å². The first-order valence-electron chi connectivity index (χ1n) is 11.9. The molecule has 0 aromatic carbocycles. The molecule has 1 saturated carbocycles. The highest BCUT2D eigenvalue weighted by Crippen LogP contribution is 2.29. The number of carbonyl (C=O) groups is 1. The quantitative estimate of drug-likeness (QED) is 0.414. The number of pyridine rings is 1. The molecule has 0 amide bonds. The number of methoxy groups -OCH3 is 1. The van der Waals surface area contributed by atoms with Gasteiger partial charge in [0.2, 0.25) is 5.88 Å². The smallest absolute Gasteiger partial charge is 0.350 e. The fraction of sp³-hybridized carbons (Fsp3) is 0.500. The molecule has 11 nitrogen and oxygen atoms in total. The molecular weight excluding hydrogens is 452 g/mol. The third-order valence-electron chi connectivity index (χ3n) is 6.18. The van der Waals surface area contributed by atoms with Crippen LogP contribution < -0.4 is 15.7 Å². The van der Waals surface area contributed by atoms with Gasteiger partial charge in [-0.3, -0.25) is 9.36 Å². The van der Waals surface area contributed by atoms with E-state index in [0.717, 1.165) is 19.3 Å². The van der Waals surface area contributed by atoms with E-state index in [-0.39, 0.29) is 11.9 Å². The van der Waals surface area contributed by atoms with E-state index in [4.69, 9.17) is 9.47 Å². The first-order valence-corrected chi connectivity index (χ1v) is 11.9. The summed E-state index contributed by atoms with van der Waals surface area (Å²) in [5.41, 5.74) is 1.73. The SMILES string of the molecule is CCCOCCn1c(=O)nc(N[C@@H]2CCCC[C@H]2C(=O)O)c2nnc(-c3ccc(OC)nc3)cc21. The van der Waals surface area contributed by atoms with Gasteiger partial charge in [-0.15, -0.1) is 10.2 Å². The summed E-state index contributed by atoms with van der Waals surface area (Å²) in [6.45, 7) is 3.27. The van der Waals surface area contributed by atoms with Gasteiger partial charge in [0, 0.05) is 30.5 Å². The predicted octanol–water partition coefficient (Wildman–Crippen LogP) is 2.74. The number of hydrogen-bond donors (Lipinski definition) is 2. The van der Waals surface area contributed by atoms with Crippen molar-refractivity contribution in [3.05, 3.63) is 34.9 Å². The molecule has 1 aliphatic rings. The molecule has 4 rings (SSSR count). The number of hydrogen-bond acceptors (Lipinski definition) is 9. The standard InChI is InChI=1S/C24H30N6O5/c1-3-11-35-12-10-30-19-13-18(15-8-9-20(34-2)25-14-15)28-29-21(19)22(27-24(30)33)26-17-7-5-4-6-16(17)23(31)32/h8-9,13-14,16-17H,3-7,10-12H2,1-2H3,(H,31,32)(H,26,27,33)/t16-,17-/m1/s1. The molecule has 11 heteroatoms. The number of ether oxygens (including phenoxy) is 2. The molecule has 3 aromatic rings. The zero-order chi connectivity index (χ0) is 24.8. The number of fused-ring (bicyclic) bond motifs is 1. The minimum atomic E-state index is -0.853. The average molecular weight is 483 g/mol. The van der Waals surface area contributed by atoms with Gasteiger partial charge in [0.15, 0.2) is 11.3 Å². The second kappa shape index (κ2) is 11.2. The van der Waals surface area contributed by atoms with Crippen molar-refractivity contribution >= 4 is 22.8 Å². The fourth-order valence-corrected chi connectivity index (χ4v) is 4.36. The Bertz CT molecular complexity index is 1230. The van der Waals surface area contributed by atoms with Gasteiger partial charge in [0.05, 0.1) is 37.4 Å². The van der Waals surface area contributed by atoms with Gasteiger partial charge in [-0.2, -0.15) is 4.98 Å². The molecule has 0 radical (unpaired) electrons. The first kappa shape index (κ1) is 24.5. The Morgan fingerprint density at radius 3 is 2.77 bits per heavy atom. The van der Waals surface area contributed by atoms with Crippen molar-refractivity contribution in [2.75, 3.05) is 25.6 Å².